The first-order valence-electron chi connectivity index (χ1n) is 9.26. The highest BCUT2D eigenvalue weighted by Crippen LogP contribution is 2.29. The fourth-order valence-corrected chi connectivity index (χ4v) is 2.23. The number of rotatable bonds is 7. The molecule has 1 heterocycles. The lowest BCUT2D eigenvalue weighted by Crippen LogP contribution is -2.36. The van der Waals surface area contributed by atoms with E-state index in [0.717, 1.165) is 12.1 Å². The van der Waals surface area contributed by atoms with E-state index >= 15 is 0 Å². The molecule has 0 bridgehead atoms. The molecule has 30 heavy (non-hydrogen) atoms. The molecule has 1 aromatic heterocycles. The Hall–Kier alpha value is -2.81. The van der Waals surface area contributed by atoms with E-state index in [-0.39, 0.29) is 6.61 Å². The summed E-state index contributed by atoms with van der Waals surface area (Å²) in [5.41, 5.74) is -0.115. The van der Waals surface area contributed by atoms with E-state index in [9.17, 15) is 18.0 Å². The molecule has 0 aliphatic heterocycles. The standard InChI is InChI=1S/C21H25F3N2O4/c1-20(2,3)30-19(27)26(4)11-12-28-13-17-14-29-18(25-17)10-7-15-5-8-16(9-6-15)21(22,23)24/h5-10,14H,11-13H2,1-4H3/b10-7+. The van der Waals surface area contributed by atoms with Crippen LogP contribution in [0.2, 0.25) is 0 Å². The molecule has 0 aliphatic rings. The lowest BCUT2D eigenvalue weighted by atomic mass is 10.1. The minimum absolute atomic E-state index is 0.194. The lowest BCUT2D eigenvalue weighted by molar-refractivity contribution is -0.137. The van der Waals surface area contributed by atoms with Crippen molar-refractivity contribution in [3.63, 3.8) is 0 Å². The van der Waals surface area contributed by atoms with Crippen molar-refractivity contribution in [3.05, 3.63) is 53.2 Å². The predicted octanol–water partition coefficient (Wildman–Crippen LogP) is 5.25. The Bertz CT molecular complexity index is 852. The Balaban J connectivity index is 1.77. The largest absolute Gasteiger partial charge is 0.445 e. The van der Waals surface area contributed by atoms with E-state index in [0.29, 0.717) is 30.3 Å². The smallest absolute Gasteiger partial charge is 0.416 e. The van der Waals surface area contributed by atoms with E-state index in [1.54, 1.807) is 40.0 Å². The number of oxazole rings is 1. The van der Waals surface area contributed by atoms with Crippen molar-refractivity contribution in [2.75, 3.05) is 20.2 Å². The van der Waals surface area contributed by atoms with E-state index in [1.807, 2.05) is 0 Å². The normalized spacial score (nSPS) is 12.4. The monoisotopic (exact) mass is 426 g/mol. The first kappa shape index (κ1) is 23.5. The SMILES string of the molecule is CN(CCOCc1coc(/C=C/c2ccc(C(F)(F)F)cc2)n1)C(=O)OC(C)(C)C. The molecule has 1 amide bonds. The minimum atomic E-state index is -4.36. The number of benzene rings is 1. The quantitative estimate of drug-likeness (QED) is 0.566. The zero-order valence-electron chi connectivity index (χ0n) is 17.3. The molecule has 0 N–H and O–H groups in total. The average molecular weight is 426 g/mol. The molecule has 0 fully saturated rings. The third kappa shape index (κ3) is 7.90. The van der Waals surface area contributed by atoms with Gasteiger partial charge in [0.05, 0.1) is 18.8 Å². The number of hydrogen-bond acceptors (Lipinski definition) is 5. The summed E-state index contributed by atoms with van der Waals surface area (Å²) in [7, 11) is 1.62. The highest BCUT2D eigenvalue weighted by atomic mass is 19.4. The van der Waals surface area contributed by atoms with Crippen LogP contribution in [0.3, 0.4) is 0 Å². The summed E-state index contributed by atoms with van der Waals surface area (Å²) in [5, 5.41) is 0. The van der Waals surface area contributed by atoms with Crippen molar-refractivity contribution in [1.82, 2.24) is 9.88 Å². The lowest BCUT2D eigenvalue weighted by Gasteiger charge is -2.24. The number of hydrogen-bond donors (Lipinski definition) is 0. The van der Waals surface area contributed by atoms with Gasteiger partial charge in [0.2, 0.25) is 5.89 Å². The number of carbonyl (C=O) groups excluding carboxylic acids is 1. The maximum Gasteiger partial charge on any atom is 0.416 e. The summed E-state index contributed by atoms with van der Waals surface area (Å²) >= 11 is 0. The molecule has 2 rings (SSSR count). The average Bonchev–Trinajstić information content (AvgIpc) is 3.09. The highest BCUT2D eigenvalue weighted by molar-refractivity contribution is 5.67. The summed E-state index contributed by atoms with van der Waals surface area (Å²) < 4.78 is 53.7. The molecule has 164 valence electrons. The van der Waals surface area contributed by atoms with Crippen LogP contribution in [-0.2, 0) is 22.3 Å². The molecule has 0 unspecified atom stereocenters. The zero-order chi connectivity index (χ0) is 22.4. The number of amides is 1. The van der Waals surface area contributed by atoms with Crippen molar-refractivity contribution in [1.29, 1.82) is 0 Å². The third-order valence-corrected chi connectivity index (χ3v) is 3.75. The van der Waals surface area contributed by atoms with Crippen LogP contribution in [0.4, 0.5) is 18.0 Å². The van der Waals surface area contributed by atoms with Crippen LogP contribution in [0.15, 0.2) is 34.9 Å². The molecule has 0 radical (unpaired) electrons. The van der Waals surface area contributed by atoms with Gasteiger partial charge in [0.25, 0.3) is 0 Å². The summed E-state index contributed by atoms with van der Waals surface area (Å²) in [6, 6.07) is 4.77. The number of likely N-dealkylation sites (N-methyl/N-ethyl adjacent to an activating group) is 1. The van der Waals surface area contributed by atoms with Crippen molar-refractivity contribution in [2.24, 2.45) is 0 Å². The van der Waals surface area contributed by atoms with E-state index in [1.165, 1.54) is 23.3 Å². The van der Waals surface area contributed by atoms with Crippen molar-refractivity contribution >= 4 is 18.2 Å². The molecule has 0 saturated heterocycles. The van der Waals surface area contributed by atoms with Crippen LogP contribution in [0, 0.1) is 0 Å². The molecule has 2 aromatic rings. The van der Waals surface area contributed by atoms with Crippen LogP contribution in [0.25, 0.3) is 12.2 Å². The Morgan fingerprint density at radius 2 is 1.83 bits per heavy atom. The van der Waals surface area contributed by atoms with Gasteiger partial charge in [-0.3, -0.25) is 0 Å². The van der Waals surface area contributed by atoms with Gasteiger partial charge in [0.15, 0.2) is 0 Å². The predicted molar refractivity (Wildman–Crippen MR) is 105 cm³/mol. The number of halogens is 3. The van der Waals surface area contributed by atoms with Crippen molar-refractivity contribution in [2.45, 2.75) is 39.2 Å². The van der Waals surface area contributed by atoms with Crippen LogP contribution >= 0.6 is 0 Å². The number of carbonyl (C=O) groups is 1. The Kier molecular flexibility index (Phi) is 7.66. The maximum atomic E-state index is 12.6. The summed E-state index contributed by atoms with van der Waals surface area (Å²) in [6.45, 7) is 6.22. The van der Waals surface area contributed by atoms with Crippen LogP contribution < -0.4 is 0 Å². The number of nitrogens with zero attached hydrogens (tertiary/aromatic N) is 2. The molecule has 0 aliphatic carbocycles. The summed E-state index contributed by atoms with van der Waals surface area (Å²) in [4.78, 5) is 17.5. The number of alkyl halides is 3. The van der Waals surface area contributed by atoms with Crippen LogP contribution in [0.1, 0.15) is 43.5 Å². The second-order valence-electron chi connectivity index (χ2n) is 7.58. The molecular formula is C21H25F3N2O4. The molecule has 0 atom stereocenters. The molecule has 0 spiro atoms. The second-order valence-corrected chi connectivity index (χ2v) is 7.58. The van der Waals surface area contributed by atoms with Crippen molar-refractivity contribution in [3.8, 4) is 0 Å². The van der Waals surface area contributed by atoms with E-state index in [2.05, 4.69) is 4.98 Å². The van der Waals surface area contributed by atoms with Crippen molar-refractivity contribution < 1.29 is 31.9 Å². The Morgan fingerprint density at radius 1 is 1.17 bits per heavy atom. The molecular weight excluding hydrogens is 401 g/mol. The highest BCUT2D eigenvalue weighted by Gasteiger charge is 2.29. The summed E-state index contributed by atoms with van der Waals surface area (Å²) in [5.74, 6) is 0.305. The van der Waals surface area contributed by atoms with Gasteiger partial charge in [-0.05, 0) is 44.5 Å². The third-order valence-electron chi connectivity index (χ3n) is 3.75. The first-order valence-corrected chi connectivity index (χ1v) is 9.26. The molecule has 0 saturated carbocycles. The van der Waals surface area contributed by atoms with Gasteiger partial charge < -0.3 is 18.8 Å². The Morgan fingerprint density at radius 3 is 2.43 bits per heavy atom. The molecule has 1 aromatic carbocycles. The topological polar surface area (TPSA) is 64.8 Å². The second kappa shape index (κ2) is 9.80. The first-order chi connectivity index (χ1) is 13.9. The minimum Gasteiger partial charge on any atom is -0.445 e. The van der Waals surface area contributed by atoms with Gasteiger partial charge in [-0.2, -0.15) is 13.2 Å². The van der Waals surface area contributed by atoms with E-state index < -0.39 is 23.4 Å². The Labute approximate surface area is 173 Å². The van der Waals surface area contributed by atoms with Crippen LogP contribution in [-0.4, -0.2) is 41.8 Å². The van der Waals surface area contributed by atoms with E-state index in [4.69, 9.17) is 13.9 Å². The molecule has 9 heteroatoms. The van der Waals surface area contributed by atoms with Gasteiger partial charge in [-0.15, -0.1) is 0 Å². The van der Waals surface area contributed by atoms with Crippen LogP contribution in [0.5, 0.6) is 0 Å². The fourth-order valence-electron chi connectivity index (χ4n) is 2.23. The van der Waals surface area contributed by atoms with Gasteiger partial charge in [0, 0.05) is 19.7 Å². The van der Waals surface area contributed by atoms with Gasteiger partial charge >= 0.3 is 12.3 Å². The zero-order valence-corrected chi connectivity index (χ0v) is 17.3. The van der Waals surface area contributed by atoms with Gasteiger partial charge in [-0.1, -0.05) is 12.1 Å². The number of ether oxygens (including phenoxy) is 2. The maximum absolute atomic E-state index is 12.6. The molecule has 6 nitrogen and oxygen atoms in total. The summed E-state index contributed by atoms with van der Waals surface area (Å²) in [6.07, 6.45) is -0.191. The van der Waals surface area contributed by atoms with Gasteiger partial charge in [0.1, 0.15) is 17.6 Å². The van der Waals surface area contributed by atoms with Gasteiger partial charge in [-0.25, -0.2) is 9.78 Å². The number of aromatic nitrogens is 1. The fraction of sp³-hybridized carbons (Fsp3) is 0.429.